The maximum Gasteiger partial charge on any atom is 0.158 e. The molecule has 8 heteroatoms. The van der Waals surface area contributed by atoms with Crippen molar-refractivity contribution in [2.45, 2.75) is 0 Å². The number of hydrogen-bond acceptors (Lipinski definition) is 6. The Morgan fingerprint density at radius 2 is 1.78 bits per heavy atom. The number of imidazole rings is 1. The van der Waals surface area contributed by atoms with E-state index in [1.165, 1.54) is 6.20 Å². The summed E-state index contributed by atoms with van der Waals surface area (Å²) in [5, 5.41) is 8.80. The van der Waals surface area contributed by atoms with Gasteiger partial charge < -0.3 is 9.88 Å². The van der Waals surface area contributed by atoms with Crippen LogP contribution in [0.25, 0.3) is 22.4 Å². The minimum absolute atomic E-state index is 0.261. The van der Waals surface area contributed by atoms with E-state index in [1.807, 2.05) is 26.2 Å². The van der Waals surface area contributed by atoms with E-state index >= 15 is 0 Å². The number of aromatic amines is 1. The van der Waals surface area contributed by atoms with Crippen molar-refractivity contribution in [1.29, 1.82) is 5.26 Å². The molecule has 7 nitrogen and oxygen atoms in total. The maximum absolute atomic E-state index is 8.80. The van der Waals surface area contributed by atoms with E-state index in [1.54, 1.807) is 12.4 Å². The molecule has 0 amide bonds. The number of anilines is 1. The number of nitrogens with zero attached hydrogens (tertiary/aromatic N) is 6. The van der Waals surface area contributed by atoms with Gasteiger partial charge in [0.05, 0.1) is 35.0 Å². The maximum atomic E-state index is 8.80. The van der Waals surface area contributed by atoms with Crippen LogP contribution in [-0.4, -0.2) is 39.0 Å². The lowest BCUT2D eigenvalue weighted by atomic mass is 10.2. The van der Waals surface area contributed by atoms with Crippen LogP contribution in [0.5, 0.6) is 0 Å². The zero-order valence-electron chi connectivity index (χ0n) is 14.8. The zero-order valence-corrected chi connectivity index (χ0v) is 15.8. The largest absolute Gasteiger partial charge is 0.378 e. The molecule has 3 aromatic heterocycles. The minimum Gasteiger partial charge on any atom is -0.378 e. The second-order valence-corrected chi connectivity index (χ2v) is 7.41. The van der Waals surface area contributed by atoms with Crippen LogP contribution in [0.2, 0.25) is 0 Å². The van der Waals surface area contributed by atoms with Gasteiger partial charge in [0, 0.05) is 25.3 Å². The number of fused-ring (bicyclic) bond motifs is 1. The van der Waals surface area contributed by atoms with Gasteiger partial charge in [0.15, 0.2) is 5.69 Å². The smallest absolute Gasteiger partial charge is 0.158 e. The van der Waals surface area contributed by atoms with Gasteiger partial charge in [-0.1, -0.05) is 0 Å². The van der Waals surface area contributed by atoms with Crippen molar-refractivity contribution >= 4 is 36.2 Å². The Morgan fingerprint density at radius 3 is 2.44 bits per heavy atom. The fourth-order valence-corrected chi connectivity index (χ4v) is 3.48. The number of hydrogen-bond donors (Lipinski definition) is 1. The molecule has 1 aromatic carbocycles. The molecule has 0 spiro atoms. The number of benzene rings is 1. The first-order valence-electron chi connectivity index (χ1n) is 8.25. The highest BCUT2D eigenvalue weighted by Gasteiger charge is 2.08. The van der Waals surface area contributed by atoms with Gasteiger partial charge in [0.1, 0.15) is 17.4 Å². The number of aromatic nitrogens is 5. The van der Waals surface area contributed by atoms with Crippen molar-refractivity contribution in [1.82, 2.24) is 24.9 Å². The Bertz CT molecular complexity index is 1130. The lowest BCUT2D eigenvalue weighted by molar-refractivity contribution is 1.13. The third-order valence-corrected chi connectivity index (χ3v) is 5.09. The average Bonchev–Trinajstić information content (AvgIpc) is 3.12. The fourth-order valence-electron chi connectivity index (χ4n) is 2.62. The van der Waals surface area contributed by atoms with E-state index in [2.05, 4.69) is 54.1 Å². The Hall–Kier alpha value is -3.36. The Morgan fingerprint density at radius 1 is 1.00 bits per heavy atom. The Labute approximate surface area is 157 Å². The summed E-state index contributed by atoms with van der Waals surface area (Å²) in [6.07, 6.45) is 4.86. The van der Waals surface area contributed by atoms with Gasteiger partial charge in [-0.15, -0.1) is 0 Å². The van der Waals surface area contributed by atoms with E-state index in [0.29, 0.717) is 5.69 Å². The molecule has 0 bridgehead atoms. The van der Waals surface area contributed by atoms with Crippen LogP contribution >= 0.6 is 8.58 Å². The predicted octanol–water partition coefficient (Wildman–Crippen LogP) is 1.98. The number of H-pyrrole nitrogens is 1. The minimum atomic E-state index is 0.261. The Balaban J connectivity index is 1.60. The molecule has 0 fully saturated rings. The molecule has 0 saturated heterocycles. The first-order valence-corrected chi connectivity index (χ1v) is 9.25. The summed E-state index contributed by atoms with van der Waals surface area (Å²) in [7, 11) is 4.29. The molecule has 0 saturated carbocycles. The molecule has 1 N–H and O–H groups in total. The second kappa shape index (κ2) is 7.10. The van der Waals surface area contributed by atoms with Gasteiger partial charge in [-0.25, -0.2) is 9.97 Å². The summed E-state index contributed by atoms with van der Waals surface area (Å²) in [6, 6.07) is 12.2. The van der Waals surface area contributed by atoms with Crippen molar-refractivity contribution < 1.29 is 0 Å². The third kappa shape index (κ3) is 3.62. The van der Waals surface area contributed by atoms with Crippen molar-refractivity contribution in [3.8, 4) is 17.5 Å². The summed E-state index contributed by atoms with van der Waals surface area (Å²) in [6.45, 7) is 0. The van der Waals surface area contributed by atoms with Crippen LogP contribution in [-0.2, 0) is 0 Å². The number of nitriles is 1. The lowest BCUT2D eigenvalue weighted by Crippen LogP contribution is -2.11. The molecule has 132 valence electrons. The highest BCUT2D eigenvalue weighted by atomic mass is 31.1. The van der Waals surface area contributed by atoms with Crippen molar-refractivity contribution in [3.05, 3.63) is 54.6 Å². The van der Waals surface area contributed by atoms with Gasteiger partial charge >= 0.3 is 0 Å². The number of pyridine rings is 1. The van der Waals surface area contributed by atoms with Gasteiger partial charge in [-0.05, 0) is 38.9 Å². The molecule has 1 unspecified atom stereocenters. The first-order chi connectivity index (χ1) is 13.1. The normalized spacial score (nSPS) is 11.1. The molecule has 27 heavy (non-hydrogen) atoms. The van der Waals surface area contributed by atoms with Gasteiger partial charge in [-0.3, -0.25) is 9.97 Å². The molecule has 1 atom stereocenters. The van der Waals surface area contributed by atoms with Crippen LogP contribution in [0, 0.1) is 11.3 Å². The van der Waals surface area contributed by atoms with E-state index in [-0.39, 0.29) is 8.58 Å². The molecule has 0 radical (unpaired) electrons. The molecule has 0 aliphatic heterocycles. The van der Waals surface area contributed by atoms with Crippen LogP contribution < -0.4 is 15.8 Å². The predicted molar refractivity (Wildman–Crippen MR) is 108 cm³/mol. The summed E-state index contributed by atoms with van der Waals surface area (Å²) >= 11 is 0. The molecule has 4 rings (SSSR count). The highest BCUT2D eigenvalue weighted by molar-refractivity contribution is 7.54. The van der Waals surface area contributed by atoms with Crippen molar-refractivity contribution in [3.63, 3.8) is 0 Å². The van der Waals surface area contributed by atoms with Crippen LogP contribution in [0.4, 0.5) is 5.69 Å². The van der Waals surface area contributed by atoms with E-state index < -0.39 is 0 Å². The highest BCUT2D eigenvalue weighted by Crippen LogP contribution is 2.23. The third-order valence-electron chi connectivity index (χ3n) is 4.05. The lowest BCUT2D eigenvalue weighted by Gasteiger charge is -2.11. The molecular weight excluding hydrogens is 357 g/mol. The standard InChI is InChI=1S/C19H16N7P/c1-26(2)14-5-3-12(4-6-14)19-24-15-7-17(23-10-16(15)25-19)27-18-11-21-13(8-20)9-22-18/h3-7,9-11,27H,1-2H3,(H,24,25). The Kier molecular flexibility index (Phi) is 4.49. The van der Waals surface area contributed by atoms with E-state index in [4.69, 9.17) is 5.26 Å². The van der Waals surface area contributed by atoms with Gasteiger partial charge in [0.2, 0.25) is 0 Å². The zero-order chi connectivity index (χ0) is 18.8. The topological polar surface area (TPSA) is 94.4 Å². The molecular formula is C19H16N7P. The average molecular weight is 373 g/mol. The molecule has 3 heterocycles. The van der Waals surface area contributed by atoms with Gasteiger partial charge in [0.25, 0.3) is 0 Å². The second-order valence-electron chi connectivity index (χ2n) is 6.14. The fraction of sp³-hybridized carbons (Fsp3) is 0.105. The van der Waals surface area contributed by atoms with E-state index in [9.17, 15) is 0 Å². The van der Waals surface area contributed by atoms with Crippen LogP contribution in [0.15, 0.2) is 48.9 Å². The van der Waals surface area contributed by atoms with Crippen molar-refractivity contribution in [2.75, 3.05) is 19.0 Å². The summed E-state index contributed by atoms with van der Waals surface area (Å²) in [5.74, 6) is 0.816. The molecule has 0 aliphatic carbocycles. The molecule has 0 aliphatic rings. The first kappa shape index (κ1) is 17.1. The van der Waals surface area contributed by atoms with Crippen molar-refractivity contribution in [2.24, 2.45) is 0 Å². The monoisotopic (exact) mass is 373 g/mol. The van der Waals surface area contributed by atoms with Gasteiger partial charge in [-0.2, -0.15) is 5.26 Å². The molecule has 4 aromatic rings. The number of rotatable bonds is 4. The van der Waals surface area contributed by atoms with Crippen LogP contribution in [0.1, 0.15) is 5.69 Å². The summed E-state index contributed by atoms with van der Waals surface area (Å²) in [5.41, 5.74) is 5.91. The SMILES string of the molecule is CN(C)c1ccc(-c2nc3cnc(Pc4cnc(C#N)cn4)cc3[nH]2)cc1. The quantitative estimate of drug-likeness (QED) is 0.550. The van der Waals surface area contributed by atoms with E-state index in [0.717, 1.165) is 39.0 Å². The number of nitrogens with one attached hydrogen (secondary N) is 1. The van der Waals surface area contributed by atoms with Crippen LogP contribution in [0.3, 0.4) is 0 Å². The summed E-state index contributed by atoms with van der Waals surface area (Å²) in [4.78, 5) is 22.9. The summed E-state index contributed by atoms with van der Waals surface area (Å²) < 4.78 is 0.